The van der Waals surface area contributed by atoms with Crippen molar-refractivity contribution in [3.05, 3.63) is 88.5 Å². The van der Waals surface area contributed by atoms with E-state index < -0.39 is 35.0 Å². The number of amides is 4. The summed E-state index contributed by atoms with van der Waals surface area (Å²) in [5.74, 6) is -3.82. The zero-order valence-electron chi connectivity index (χ0n) is 29.2. The molecule has 6 atom stereocenters. The summed E-state index contributed by atoms with van der Waals surface area (Å²) in [5.41, 5.74) is 1.74. The summed E-state index contributed by atoms with van der Waals surface area (Å²) >= 11 is 7.89. The number of rotatable bonds is 5. The highest BCUT2D eigenvalue weighted by atomic mass is 35.5. The molecule has 11 heteroatoms. The van der Waals surface area contributed by atoms with Crippen molar-refractivity contribution < 1.29 is 24.3 Å². The zero-order valence-corrected chi connectivity index (χ0v) is 30.8. The largest absolute Gasteiger partial charge is 0.507 e. The Kier molecular flexibility index (Phi) is 7.38. The standard InChI is InChI=1S/C41H37ClN4O5S/c1-5-16-45-37(48)25-14-13-24-28(33(25)39(45)50)18-29-38(49)46(32-19-30(43-44(32)4)36-20(2)27-17-22(42)11-15-31(27)52-36)40(51)41(29,3)34(24)26-12-10-21-8-6-7-9-23(21)35(26)47/h6-13,15,17,19,25,28-29,33-34,47H,5,14,16,18H2,1-4H3. The number of hydrogen-bond acceptors (Lipinski definition) is 7. The molecule has 6 unspecified atom stereocenters. The average molecular weight is 733 g/mol. The smallest absolute Gasteiger partial charge is 0.242 e. The van der Waals surface area contributed by atoms with E-state index in [1.54, 1.807) is 29.1 Å². The van der Waals surface area contributed by atoms with E-state index in [0.29, 0.717) is 46.9 Å². The van der Waals surface area contributed by atoms with E-state index in [-0.39, 0.29) is 35.8 Å². The molecular weight excluding hydrogens is 696 g/mol. The zero-order chi connectivity index (χ0) is 36.4. The number of carbonyl (C=O) groups excluding carboxylic acids is 4. The second kappa shape index (κ2) is 11.6. The molecule has 9 rings (SSSR count). The summed E-state index contributed by atoms with van der Waals surface area (Å²) < 4.78 is 2.63. The number of imide groups is 2. The van der Waals surface area contributed by atoms with Gasteiger partial charge in [-0.25, -0.2) is 4.90 Å². The summed E-state index contributed by atoms with van der Waals surface area (Å²) in [6.07, 6.45) is 3.28. The fourth-order valence-electron chi connectivity index (χ4n) is 9.81. The number of likely N-dealkylation sites (tertiary alicyclic amines) is 1. The van der Waals surface area contributed by atoms with Gasteiger partial charge in [-0.3, -0.25) is 28.8 Å². The number of aryl methyl sites for hydroxylation is 2. The lowest BCUT2D eigenvalue weighted by Crippen LogP contribution is -2.49. The lowest BCUT2D eigenvalue weighted by atomic mass is 9.51. The van der Waals surface area contributed by atoms with Crippen molar-refractivity contribution in [1.82, 2.24) is 14.7 Å². The van der Waals surface area contributed by atoms with E-state index in [9.17, 15) is 19.5 Å². The summed E-state index contributed by atoms with van der Waals surface area (Å²) in [6, 6.07) is 18.9. The molecule has 9 nitrogen and oxygen atoms in total. The number of aromatic hydroxyl groups is 1. The van der Waals surface area contributed by atoms with Gasteiger partial charge in [0.25, 0.3) is 0 Å². The number of halogens is 1. The Morgan fingerprint density at radius 1 is 0.981 bits per heavy atom. The van der Waals surface area contributed by atoms with Crippen LogP contribution in [-0.2, 0) is 26.2 Å². The number of phenolic OH excluding ortho intramolecular Hbond substituents is 1. The van der Waals surface area contributed by atoms with Gasteiger partial charge in [-0.05, 0) is 73.6 Å². The highest BCUT2D eigenvalue weighted by Crippen LogP contribution is 2.64. The van der Waals surface area contributed by atoms with Gasteiger partial charge in [-0.2, -0.15) is 5.10 Å². The van der Waals surface area contributed by atoms with E-state index >= 15 is 4.79 Å². The lowest BCUT2D eigenvalue weighted by molar-refractivity contribution is -0.140. The van der Waals surface area contributed by atoms with Gasteiger partial charge >= 0.3 is 0 Å². The van der Waals surface area contributed by atoms with Crippen molar-refractivity contribution in [2.75, 3.05) is 11.4 Å². The molecule has 2 aromatic heterocycles. The SMILES string of the molecule is CCCN1C(=O)C2CC=C3C(CC4C(=O)N(c5cc(-c6sc7ccc(Cl)cc7c6C)nn5C)C(=O)C4(C)C3c3ccc4ccccc4c3O)C2C1=O. The number of nitrogens with zero attached hydrogens (tertiary/aromatic N) is 4. The molecule has 4 heterocycles. The number of hydrogen-bond donors (Lipinski definition) is 1. The van der Waals surface area contributed by atoms with Crippen molar-refractivity contribution in [1.29, 1.82) is 0 Å². The minimum Gasteiger partial charge on any atom is -0.507 e. The maximum atomic E-state index is 15.1. The molecule has 1 N–H and O–H groups in total. The maximum absolute atomic E-state index is 15.1. The Bertz CT molecular complexity index is 2450. The molecule has 0 spiro atoms. The highest BCUT2D eigenvalue weighted by molar-refractivity contribution is 7.22. The van der Waals surface area contributed by atoms with Crippen LogP contribution >= 0.6 is 22.9 Å². The van der Waals surface area contributed by atoms with Gasteiger partial charge in [0.05, 0.1) is 28.0 Å². The normalized spacial score (nSPS) is 27.1. The first-order chi connectivity index (χ1) is 24.9. The number of phenols is 1. The molecular formula is C41H37ClN4O5S. The van der Waals surface area contributed by atoms with Crippen LogP contribution in [0.15, 0.2) is 72.3 Å². The quantitative estimate of drug-likeness (QED) is 0.146. The molecule has 2 saturated heterocycles. The minimum atomic E-state index is -1.30. The molecule has 4 amide bonds. The third kappa shape index (κ3) is 4.37. The topological polar surface area (TPSA) is 113 Å². The predicted molar refractivity (Wildman–Crippen MR) is 201 cm³/mol. The molecule has 2 aliphatic heterocycles. The lowest BCUT2D eigenvalue weighted by Gasteiger charge is -2.49. The van der Waals surface area contributed by atoms with Gasteiger partial charge < -0.3 is 5.11 Å². The second-order valence-corrected chi connectivity index (χ2v) is 16.4. The first-order valence-electron chi connectivity index (χ1n) is 17.8. The van der Waals surface area contributed by atoms with Gasteiger partial charge in [0.2, 0.25) is 23.6 Å². The number of aromatic nitrogens is 2. The maximum Gasteiger partial charge on any atom is 0.242 e. The van der Waals surface area contributed by atoms with Crippen LogP contribution in [0.1, 0.15) is 50.2 Å². The van der Waals surface area contributed by atoms with Gasteiger partial charge in [-0.1, -0.05) is 66.6 Å². The van der Waals surface area contributed by atoms with Gasteiger partial charge in [0, 0.05) is 46.2 Å². The van der Waals surface area contributed by atoms with Crippen LogP contribution in [0.3, 0.4) is 0 Å². The number of benzene rings is 3. The van der Waals surface area contributed by atoms with E-state index in [0.717, 1.165) is 31.5 Å². The molecule has 2 aliphatic carbocycles. The van der Waals surface area contributed by atoms with Crippen LogP contribution in [0.25, 0.3) is 31.4 Å². The molecule has 264 valence electrons. The Balaban J connectivity index is 1.19. The van der Waals surface area contributed by atoms with Crippen LogP contribution in [-0.4, -0.2) is 50.0 Å². The molecule has 3 aromatic carbocycles. The van der Waals surface area contributed by atoms with Crippen molar-refractivity contribution >= 4 is 73.2 Å². The predicted octanol–water partition coefficient (Wildman–Crippen LogP) is 7.76. The number of fused-ring (bicyclic) bond motifs is 6. The minimum absolute atomic E-state index is 0.0510. The van der Waals surface area contributed by atoms with Crippen LogP contribution in [0.2, 0.25) is 5.02 Å². The Morgan fingerprint density at radius 3 is 2.56 bits per heavy atom. The van der Waals surface area contributed by atoms with Crippen molar-refractivity contribution in [3.63, 3.8) is 0 Å². The molecule has 3 fully saturated rings. The van der Waals surface area contributed by atoms with E-state index in [2.05, 4.69) is 0 Å². The molecule has 4 aliphatic rings. The van der Waals surface area contributed by atoms with Crippen LogP contribution < -0.4 is 4.90 Å². The van der Waals surface area contributed by atoms with Crippen LogP contribution in [0, 0.1) is 36.0 Å². The number of carbonyl (C=O) groups is 4. The molecule has 5 aromatic rings. The van der Waals surface area contributed by atoms with Crippen molar-refractivity contribution in [2.24, 2.45) is 36.1 Å². The molecule has 52 heavy (non-hydrogen) atoms. The van der Waals surface area contributed by atoms with Gasteiger partial charge in [0.1, 0.15) is 17.3 Å². The number of allylic oxidation sites excluding steroid dienone is 2. The Hall–Kier alpha value is -4.80. The highest BCUT2D eigenvalue weighted by Gasteiger charge is 2.68. The average Bonchev–Trinajstić information content (AvgIpc) is 3.80. The van der Waals surface area contributed by atoms with E-state index in [4.69, 9.17) is 16.7 Å². The fraction of sp³-hybridized carbons (Fsp3) is 0.341. The Labute approximate surface area is 309 Å². The summed E-state index contributed by atoms with van der Waals surface area (Å²) in [4.78, 5) is 61.2. The van der Waals surface area contributed by atoms with Crippen LogP contribution in [0.4, 0.5) is 5.82 Å². The monoisotopic (exact) mass is 732 g/mol. The first kappa shape index (κ1) is 33.1. The summed E-state index contributed by atoms with van der Waals surface area (Å²) in [6.45, 7) is 6.14. The van der Waals surface area contributed by atoms with Crippen molar-refractivity contribution in [3.8, 4) is 16.3 Å². The number of thiophene rings is 1. The first-order valence-corrected chi connectivity index (χ1v) is 19.0. The van der Waals surface area contributed by atoms with E-state index in [1.807, 2.05) is 81.4 Å². The Morgan fingerprint density at radius 2 is 1.77 bits per heavy atom. The number of anilines is 1. The second-order valence-electron chi connectivity index (χ2n) is 14.9. The molecule has 0 radical (unpaired) electrons. The van der Waals surface area contributed by atoms with Crippen LogP contribution in [0.5, 0.6) is 5.75 Å². The molecule has 0 bridgehead atoms. The summed E-state index contributed by atoms with van der Waals surface area (Å²) in [5, 5.41) is 19.9. The third-order valence-corrected chi connectivity index (χ3v) is 13.8. The third-order valence-electron chi connectivity index (χ3n) is 12.3. The van der Waals surface area contributed by atoms with Gasteiger partial charge in [0.15, 0.2) is 0 Å². The van der Waals surface area contributed by atoms with Gasteiger partial charge in [-0.15, -0.1) is 11.3 Å². The fourth-order valence-corrected chi connectivity index (χ4v) is 11.1. The molecule has 1 saturated carbocycles. The summed E-state index contributed by atoms with van der Waals surface area (Å²) in [7, 11) is 1.73. The van der Waals surface area contributed by atoms with Crippen molar-refractivity contribution in [2.45, 2.75) is 46.0 Å². The van der Waals surface area contributed by atoms with E-state index in [1.165, 1.54) is 9.80 Å².